The maximum atomic E-state index is 13.9. The van der Waals surface area contributed by atoms with Crippen molar-refractivity contribution in [3.05, 3.63) is 59.4 Å². The van der Waals surface area contributed by atoms with Crippen LogP contribution in [0.1, 0.15) is 30.1 Å². The Hall–Kier alpha value is -1.95. The molecule has 0 aliphatic heterocycles. The number of thioether (sulfide) groups is 1. The van der Waals surface area contributed by atoms with Gasteiger partial charge in [0.15, 0.2) is 11.6 Å². The van der Waals surface area contributed by atoms with Crippen LogP contribution in [0, 0.1) is 23.4 Å². The Bertz CT molecular complexity index is 775. The van der Waals surface area contributed by atoms with Crippen molar-refractivity contribution in [3.63, 3.8) is 0 Å². The van der Waals surface area contributed by atoms with Gasteiger partial charge in [-0.15, -0.1) is 11.8 Å². The van der Waals surface area contributed by atoms with Gasteiger partial charge in [0.25, 0.3) is 5.91 Å². The molecule has 1 amide bonds. The molecule has 0 bridgehead atoms. The van der Waals surface area contributed by atoms with E-state index in [-0.39, 0.29) is 17.1 Å². The molecule has 0 radical (unpaired) electrons. The molecule has 1 aliphatic carbocycles. The van der Waals surface area contributed by atoms with Crippen molar-refractivity contribution >= 4 is 23.4 Å². The summed E-state index contributed by atoms with van der Waals surface area (Å²) in [5, 5.41) is 2.86. The topological polar surface area (TPSA) is 29.1 Å². The van der Waals surface area contributed by atoms with Crippen molar-refractivity contribution in [2.24, 2.45) is 5.92 Å². The highest BCUT2D eigenvalue weighted by molar-refractivity contribution is 8.00. The predicted octanol–water partition coefficient (Wildman–Crippen LogP) is 5.25. The van der Waals surface area contributed by atoms with Crippen LogP contribution in [0.25, 0.3) is 0 Å². The van der Waals surface area contributed by atoms with Gasteiger partial charge in [0.1, 0.15) is 5.82 Å². The van der Waals surface area contributed by atoms with E-state index in [1.54, 1.807) is 0 Å². The number of hydrogen-bond acceptors (Lipinski definition) is 2. The minimum Gasteiger partial charge on any atom is -0.322 e. The van der Waals surface area contributed by atoms with Crippen LogP contribution < -0.4 is 5.32 Å². The van der Waals surface area contributed by atoms with Gasteiger partial charge >= 0.3 is 0 Å². The van der Waals surface area contributed by atoms with Crippen LogP contribution in [-0.4, -0.2) is 11.2 Å². The quantitative estimate of drug-likeness (QED) is 0.815. The number of anilines is 1. The lowest BCUT2D eigenvalue weighted by atomic mass is 9.87. The average Bonchev–Trinajstić information content (AvgIpc) is 2.51. The first kappa shape index (κ1) is 16.9. The third-order valence-corrected chi connectivity index (χ3v) is 5.28. The maximum absolute atomic E-state index is 13.9. The normalized spacial score (nSPS) is 19.7. The molecule has 0 saturated heterocycles. The zero-order chi connectivity index (χ0) is 17.3. The zero-order valence-corrected chi connectivity index (χ0v) is 13.8. The highest BCUT2D eigenvalue weighted by Crippen LogP contribution is 2.41. The Kier molecular flexibility index (Phi) is 4.85. The number of carbonyl (C=O) groups excluding carboxylic acids is 1. The molecule has 0 spiro atoms. The monoisotopic (exact) mass is 351 g/mol. The van der Waals surface area contributed by atoms with Crippen LogP contribution in [0.3, 0.4) is 0 Å². The molecule has 1 N–H and O–H groups in total. The molecule has 24 heavy (non-hydrogen) atoms. The van der Waals surface area contributed by atoms with Crippen LogP contribution in [0.15, 0.2) is 41.3 Å². The van der Waals surface area contributed by atoms with E-state index in [0.29, 0.717) is 16.1 Å². The van der Waals surface area contributed by atoms with Gasteiger partial charge in [0.05, 0.1) is 0 Å². The van der Waals surface area contributed by atoms with Crippen LogP contribution in [0.4, 0.5) is 18.9 Å². The summed E-state index contributed by atoms with van der Waals surface area (Å²) in [6.07, 6.45) is 2.07. The van der Waals surface area contributed by atoms with E-state index in [1.807, 2.05) is 0 Å². The molecule has 1 fully saturated rings. The van der Waals surface area contributed by atoms with Gasteiger partial charge in [-0.05, 0) is 49.1 Å². The van der Waals surface area contributed by atoms with Gasteiger partial charge in [0.2, 0.25) is 0 Å². The van der Waals surface area contributed by atoms with E-state index in [0.717, 1.165) is 25.0 Å². The number of rotatable bonds is 4. The van der Waals surface area contributed by atoms with Gasteiger partial charge in [-0.25, -0.2) is 13.2 Å². The van der Waals surface area contributed by atoms with Crippen LogP contribution in [0.5, 0.6) is 0 Å². The summed E-state index contributed by atoms with van der Waals surface area (Å²) in [4.78, 5) is 12.7. The molecule has 0 heterocycles. The molecule has 2 aromatic carbocycles. The van der Waals surface area contributed by atoms with E-state index >= 15 is 0 Å². The second-order valence-electron chi connectivity index (χ2n) is 6.04. The summed E-state index contributed by atoms with van der Waals surface area (Å²) in [7, 11) is 0. The maximum Gasteiger partial charge on any atom is 0.255 e. The highest BCUT2D eigenvalue weighted by Gasteiger charge is 2.27. The smallest absolute Gasteiger partial charge is 0.255 e. The third-order valence-electron chi connectivity index (χ3n) is 4.00. The minimum atomic E-state index is -1.04. The SMILES string of the molecule is CC1CC(Sc2cc(C(=O)Nc3ccc(F)c(F)c3)ccc2F)C1. The average molecular weight is 351 g/mol. The first-order valence-corrected chi connectivity index (χ1v) is 8.53. The van der Waals surface area contributed by atoms with Gasteiger partial charge < -0.3 is 5.32 Å². The zero-order valence-electron chi connectivity index (χ0n) is 13.0. The molecule has 6 heteroatoms. The molecule has 0 unspecified atom stereocenters. The summed E-state index contributed by atoms with van der Waals surface area (Å²) in [5.41, 5.74) is 0.418. The Morgan fingerprint density at radius 3 is 2.42 bits per heavy atom. The molecule has 3 rings (SSSR count). The molecule has 126 valence electrons. The largest absolute Gasteiger partial charge is 0.322 e. The lowest BCUT2D eigenvalue weighted by molar-refractivity contribution is 0.102. The van der Waals surface area contributed by atoms with Crippen molar-refractivity contribution in [1.29, 1.82) is 0 Å². The van der Waals surface area contributed by atoms with Crippen molar-refractivity contribution in [2.45, 2.75) is 29.9 Å². The number of amides is 1. The lowest BCUT2D eigenvalue weighted by Gasteiger charge is -2.32. The first-order valence-electron chi connectivity index (χ1n) is 7.65. The lowest BCUT2D eigenvalue weighted by Crippen LogP contribution is -2.23. The molecular weight excluding hydrogens is 335 g/mol. The summed E-state index contributed by atoms with van der Waals surface area (Å²) in [6.45, 7) is 2.15. The van der Waals surface area contributed by atoms with Crippen molar-refractivity contribution in [2.75, 3.05) is 5.32 Å². The summed E-state index contributed by atoms with van der Waals surface area (Å²) in [6, 6.07) is 7.24. The third kappa shape index (κ3) is 3.75. The number of benzene rings is 2. The summed E-state index contributed by atoms with van der Waals surface area (Å²) < 4.78 is 40.0. The second kappa shape index (κ2) is 6.89. The summed E-state index contributed by atoms with van der Waals surface area (Å²) in [5.74, 6) is -2.22. The van der Waals surface area contributed by atoms with E-state index in [9.17, 15) is 18.0 Å². The van der Waals surface area contributed by atoms with Crippen molar-refractivity contribution in [3.8, 4) is 0 Å². The highest BCUT2D eigenvalue weighted by atomic mass is 32.2. The molecule has 2 nitrogen and oxygen atoms in total. The summed E-state index contributed by atoms with van der Waals surface area (Å²) >= 11 is 1.44. The Morgan fingerprint density at radius 2 is 1.75 bits per heavy atom. The Labute approximate surface area is 142 Å². The van der Waals surface area contributed by atoms with Crippen molar-refractivity contribution in [1.82, 2.24) is 0 Å². The fourth-order valence-corrected chi connectivity index (χ4v) is 4.20. The molecule has 2 aromatic rings. The number of nitrogens with one attached hydrogen (secondary N) is 1. The fourth-order valence-electron chi connectivity index (χ4n) is 2.62. The van der Waals surface area contributed by atoms with Gasteiger partial charge in [-0.3, -0.25) is 4.79 Å². The molecule has 0 aromatic heterocycles. The Morgan fingerprint density at radius 1 is 1.04 bits per heavy atom. The predicted molar refractivity (Wildman–Crippen MR) is 88.8 cm³/mol. The van der Waals surface area contributed by atoms with E-state index in [1.165, 1.54) is 36.0 Å². The van der Waals surface area contributed by atoms with Crippen LogP contribution in [-0.2, 0) is 0 Å². The molecule has 1 aliphatic rings. The van der Waals surface area contributed by atoms with Gasteiger partial charge in [0, 0.05) is 27.5 Å². The minimum absolute atomic E-state index is 0.144. The fraction of sp³-hybridized carbons (Fsp3) is 0.278. The Balaban J connectivity index is 1.73. The molecular formula is C18H16F3NOS. The standard InChI is InChI=1S/C18H16F3NOS/c1-10-6-13(7-10)24-17-8-11(2-4-15(17)20)18(23)22-12-3-5-14(19)16(21)9-12/h2-5,8-10,13H,6-7H2,1H3,(H,22,23). The van der Waals surface area contributed by atoms with E-state index in [4.69, 9.17) is 0 Å². The molecule has 0 atom stereocenters. The molecule has 1 saturated carbocycles. The second-order valence-corrected chi connectivity index (χ2v) is 7.39. The number of halogens is 3. The van der Waals surface area contributed by atoms with Crippen LogP contribution in [0.2, 0.25) is 0 Å². The van der Waals surface area contributed by atoms with Crippen LogP contribution >= 0.6 is 11.8 Å². The van der Waals surface area contributed by atoms with E-state index < -0.39 is 17.5 Å². The van der Waals surface area contributed by atoms with E-state index in [2.05, 4.69) is 12.2 Å². The van der Waals surface area contributed by atoms with Crippen molar-refractivity contribution < 1.29 is 18.0 Å². The number of carbonyl (C=O) groups is 1. The first-order chi connectivity index (χ1) is 11.4. The van der Waals surface area contributed by atoms with Gasteiger partial charge in [-0.2, -0.15) is 0 Å². The number of hydrogen-bond donors (Lipinski definition) is 1. The van der Waals surface area contributed by atoms with Gasteiger partial charge in [-0.1, -0.05) is 6.92 Å².